The van der Waals surface area contributed by atoms with Crippen molar-refractivity contribution in [2.75, 3.05) is 18.4 Å². The van der Waals surface area contributed by atoms with Crippen molar-refractivity contribution < 1.29 is 13.2 Å². The molecule has 1 aromatic carbocycles. The van der Waals surface area contributed by atoms with Gasteiger partial charge < -0.3 is 10.6 Å². The number of alkyl halides is 3. The first-order valence-corrected chi connectivity index (χ1v) is 10.1. The quantitative estimate of drug-likeness (QED) is 0.628. The van der Waals surface area contributed by atoms with E-state index in [1.54, 1.807) is 6.07 Å². The first-order valence-electron chi connectivity index (χ1n) is 10.1. The number of nitrogens with one attached hydrogen (secondary N) is 2. The molecule has 0 spiro atoms. The minimum atomic E-state index is -4.38. The number of rotatable bonds is 4. The van der Waals surface area contributed by atoms with Crippen LogP contribution in [0, 0.1) is 6.92 Å². The zero-order valence-electron chi connectivity index (χ0n) is 16.9. The highest BCUT2D eigenvalue weighted by atomic mass is 19.4. The van der Waals surface area contributed by atoms with Crippen LogP contribution in [0.2, 0.25) is 0 Å². The summed E-state index contributed by atoms with van der Waals surface area (Å²) in [6.45, 7) is 5.29. The van der Waals surface area contributed by atoms with Crippen molar-refractivity contribution in [2.45, 2.75) is 44.8 Å². The number of benzene rings is 1. The molecule has 2 N–H and O–H groups in total. The van der Waals surface area contributed by atoms with Crippen molar-refractivity contribution in [3.63, 3.8) is 0 Å². The Morgan fingerprint density at radius 2 is 1.90 bits per heavy atom. The standard InChI is InChI=1S/C22H24F3N5/c1-13-17(4-3-5-19(13)22(23,24)25)14(2)30-21-18-10-16(15-6-8-26-9-7-15)11-27-20(18)28-12-29-21/h3-5,10-12,14-15,26H,6-9H2,1-2H3,(H,27,28,29,30)/t14-/m1/s1. The molecule has 0 radical (unpaired) electrons. The van der Waals surface area contributed by atoms with E-state index in [0.29, 0.717) is 22.9 Å². The van der Waals surface area contributed by atoms with Crippen molar-refractivity contribution in [2.24, 2.45) is 0 Å². The SMILES string of the molecule is Cc1c([C@@H](C)Nc2ncnc3ncc(C4CCNCC4)cc23)cccc1C(F)(F)F. The molecule has 5 nitrogen and oxygen atoms in total. The molecule has 1 atom stereocenters. The molecule has 1 aliphatic rings. The van der Waals surface area contributed by atoms with Crippen LogP contribution < -0.4 is 10.6 Å². The molecule has 8 heteroatoms. The normalized spacial score (nSPS) is 16.6. The van der Waals surface area contributed by atoms with Gasteiger partial charge in [-0.05, 0) is 74.5 Å². The van der Waals surface area contributed by atoms with Gasteiger partial charge in [-0.15, -0.1) is 0 Å². The van der Waals surface area contributed by atoms with Crippen molar-refractivity contribution in [3.05, 3.63) is 59.0 Å². The smallest absolute Gasteiger partial charge is 0.363 e. The van der Waals surface area contributed by atoms with Gasteiger partial charge in [-0.2, -0.15) is 13.2 Å². The van der Waals surface area contributed by atoms with E-state index < -0.39 is 11.7 Å². The molecule has 0 unspecified atom stereocenters. The van der Waals surface area contributed by atoms with Gasteiger partial charge in [-0.1, -0.05) is 12.1 Å². The average Bonchev–Trinajstić information content (AvgIpc) is 2.73. The van der Waals surface area contributed by atoms with E-state index in [1.165, 1.54) is 19.3 Å². The summed E-state index contributed by atoms with van der Waals surface area (Å²) in [4.78, 5) is 13.1. The third-order valence-corrected chi connectivity index (χ3v) is 5.82. The number of nitrogens with zero attached hydrogens (tertiary/aromatic N) is 3. The van der Waals surface area contributed by atoms with E-state index in [2.05, 4.69) is 31.7 Å². The van der Waals surface area contributed by atoms with E-state index >= 15 is 0 Å². The lowest BCUT2D eigenvalue weighted by Crippen LogP contribution is -2.26. The van der Waals surface area contributed by atoms with E-state index in [4.69, 9.17) is 0 Å². The predicted molar refractivity (Wildman–Crippen MR) is 110 cm³/mol. The summed E-state index contributed by atoms with van der Waals surface area (Å²) >= 11 is 0. The van der Waals surface area contributed by atoms with Gasteiger partial charge in [0.05, 0.1) is 17.0 Å². The fourth-order valence-corrected chi connectivity index (χ4v) is 4.17. The first-order chi connectivity index (χ1) is 14.3. The number of hydrogen-bond donors (Lipinski definition) is 2. The molecule has 158 valence electrons. The maximum atomic E-state index is 13.3. The fourth-order valence-electron chi connectivity index (χ4n) is 4.17. The topological polar surface area (TPSA) is 62.7 Å². The van der Waals surface area contributed by atoms with E-state index in [0.717, 1.165) is 42.9 Å². The Hall–Kier alpha value is -2.74. The van der Waals surface area contributed by atoms with E-state index in [-0.39, 0.29) is 11.6 Å². The first kappa shape index (κ1) is 20.5. The second-order valence-electron chi connectivity index (χ2n) is 7.77. The largest absolute Gasteiger partial charge is 0.416 e. The van der Waals surface area contributed by atoms with Crippen molar-refractivity contribution in [3.8, 4) is 0 Å². The van der Waals surface area contributed by atoms with Crippen LogP contribution >= 0.6 is 0 Å². The zero-order valence-corrected chi connectivity index (χ0v) is 16.9. The van der Waals surface area contributed by atoms with E-state index in [9.17, 15) is 13.2 Å². The minimum Gasteiger partial charge on any atom is -0.363 e. The summed E-state index contributed by atoms with van der Waals surface area (Å²) < 4.78 is 39.9. The van der Waals surface area contributed by atoms with Gasteiger partial charge in [0.25, 0.3) is 0 Å². The monoisotopic (exact) mass is 415 g/mol. The molecule has 1 saturated heterocycles. The van der Waals surface area contributed by atoms with Gasteiger partial charge in [-0.25, -0.2) is 15.0 Å². The van der Waals surface area contributed by atoms with Gasteiger partial charge in [-0.3, -0.25) is 0 Å². The molecule has 0 saturated carbocycles. The maximum absolute atomic E-state index is 13.3. The number of hydrogen-bond acceptors (Lipinski definition) is 5. The van der Waals surface area contributed by atoms with Crippen molar-refractivity contribution in [1.29, 1.82) is 0 Å². The molecule has 0 amide bonds. The number of halogens is 3. The third-order valence-electron chi connectivity index (χ3n) is 5.82. The van der Waals surface area contributed by atoms with Crippen LogP contribution in [0.4, 0.5) is 19.0 Å². The van der Waals surface area contributed by atoms with Gasteiger partial charge in [0, 0.05) is 6.20 Å². The number of fused-ring (bicyclic) bond motifs is 1. The van der Waals surface area contributed by atoms with Gasteiger partial charge in [0.15, 0.2) is 5.65 Å². The Morgan fingerprint density at radius 1 is 1.13 bits per heavy atom. The van der Waals surface area contributed by atoms with Gasteiger partial charge >= 0.3 is 6.18 Å². The molecule has 1 fully saturated rings. The van der Waals surface area contributed by atoms with Crippen LogP contribution in [-0.2, 0) is 6.18 Å². The van der Waals surface area contributed by atoms with Crippen molar-refractivity contribution >= 4 is 16.9 Å². The molecule has 0 aliphatic carbocycles. The highest BCUT2D eigenvalue weighted by molar-refractivity contribution is 5.86. The molecule has 4 rings (SSSR count). The predicted octanol–water partition coefficient (Wildman–Crippen LogP) is 4.99. The molecular formula is C22H24F3N5. The molecule has 3 heterocycles. The summed E-state index contributed by atoms with van der Waals surface area (Å²) in [5, 5.41) is 7.42. The highest BCUT2D eigenvalue weighted by Gasteiger charge is 2.33. The Kier molecular flexibility index (Phi) is 5.60. The van der Waals surface area contributed by atoms with Crippen LogP contribution in [0.3, 0.4) is 0 Å². The van der Waals surface area contributed by atoms with Gasteiger partial charge in [0.2, 0.25) is 0 Å². The number of piperidine rings is 1. The van der Waals surface area contributed by atoms with Crippen LogP contribution in [0.25, 0.3) is 11.0 Å². The average molecular weight is 415 g/mol. The van der Waals surface area contributed by atoms with E-state index in [1.807, 2.05) is 13.1 Å². The second-order valence-corrected chi connectivity index (χ2v) is 7.77. The third kappa shape index (κ3) is 4.09. The summed E-state index contributed by atoms with van der Waals surface area (Å²) in [5.74, 6) is 1.01. The lowest BCUT2D eigenvalue weighted by atomic mass is 9.91. The van der Waals surface area contributed by atoms with Crippen LogP contribution in [-0.4, -0.2) is 28.0 Å². The van der Waals surface area contributed by atoms with Crippen LogP contribution in [0.5, 0.6) is 0 Å². The number of aromatic nitrogens is 3. The fraction of sp³-hybridized carbons (Fsp3) is 0.409. The summed E-state index contributed by atoms with van der Waals surface area (Å²) in [6.07, 6.45) is 1.01. The Labute approximate surface area is 173 Å². The zero-order chi connectivity index (χ0) is 21.3. The Bertz CT molecular complexity index is 1040. The Balaban J connectivity index is 1.67. The number of pyridine rings is 1. The maximum Gasteiger partial charge on any atom is 0.416 e. The number of anilines is 1. The van der Waals surface area contributed by atoms with Crippen molar-refractivity contribution in [1.82, 2.24) is 20.3 Å². The Morgan fingerprint density at radius 3 is 2.63 bits per heavy atom. The molecule has 2 aromatic heterocycles. The molecule has 0 bridgehead atoms. The lowest BCUT2D eigenvalue weighted by Gasteiger charge is -2.23. The van der Waals surface area contributed by atoms with Crippen LogP contribution in [0.1, 0.15) is 54.0 Å². The molecule has 30 heavy (non-hydrogen) atoms. The molecule has 1 aliphatic heterocycles. The van der Waals surface area contributed by atoms with Gasteiger partial charge in [0.1, 0.15) is 12.1 Å². The molecular weight excluding hydrogens is 391 g/mol. The second kappa shape index (κ2) is 8.18. The lowest BCUT2D eigenvalue weighted by molar-refractivity contribution is -0.138. The molecule has 3 aromatic rings. The summed E-state index contributed by atoms with van der Waals surface area (Å²) in [6, 6.07) is 5.96. The summed E-state index contributed by atoms with van der Waals surface area (Å²) in [5.41, 5.74) is 1.90. The highest BCUT2D eigenvalue weighted by Crippen LogP contribution is 2.35. The van der Waals surface area contributed by atoms with Crippen LogP contribution in [0.15, 0.2) is 36.8 Å². The summed E-state index contributed by atoms with van der Waals surface area (Å²) in [7, 11) is 0. The minimum absolute atomic E-state index is 0.219.